The molecule has 4 rings (SSSR count). The summed E-state index contributed by atoms with van der Waals surface area (Å²) < 4.78 is 24.1. The van der Waals surface area contributed by atoms with Crippen molar-refractivity contribution in [2.45, 2.75) is 40.3 Å². The lowest BCUT2D eigenvalue weighted by Crippen LogP contribution is -2.35. The van der Waals surface area contributed by atoms with Gasteiger partial charge in [-0.3, -0.25) is 0 Å². The molecule has 4 nitrogen and oxygen atoms in total. The van der Waals surface area contributed by atoms with Crippen LogP contribution in [0.2, 0.25) is 0 Å². The van der Waals surface area contributed by atoms with E-state index in [0.29, 0.717) is 13.2 Å². The molecule has 26 heavy (non-hydrogen) atoms. The van der Waals surface area contributed by atoms with E-state index in [4.69, 9.17) is 18.9 Å². The van der Waals surface area contributed by atoms with Gasteiger partial charge in [0.05, 0.1) is 23.0 Å². The normalized spacial score (nSPS) is 21.8. The monoisotopic (exact) mass is 392 g/mol. The Bertz CT molecular complexity index is 729. The number of thiophene rings is 1. The summed E-state index contributed by atoms with van der Waals surface area (Å²) in [5, 5.41) is 2.23. The molecule has 140 valence electrons. The van der Waals surface area contributed by atoms with Crippen LogP contribution in [0.4, 0.5) is 0 Å². The average Bonchev–Trinajstić information content (AvgIpc) is 3.33. The third kappa shape index (κ3) is 3.59. The minimum Gasteiger partial charge on any atom is -0.381 e. The van der Waals surface area contributed by atoms with Crippen molar-refractivity contribution in [2.75, 3.05) is 33.5 Å². The van der Waals surface area contributed by atoms with E-state index in [2.05, 4.69) is 35.7 Å². The largest absolute Gasteiger partial charge is 0.381 e. The number of hydrogen-bond donors (Lipinski definition) is 0. The van der Waals surface area contributed by atoms with Crippen molar-refractivity contribution >= 4 is 23.1 Å². The van der Waals surface area contributed by atoms with E-state index in [1.165, 1.54) is 14.7 Å². The van der Waals surface area contributed by atoms with Crippen LogP contribution in [0.5, 0.6) is 0 Å². The van der Waals surface area contributed by atoms with E-state index in [-0.39, 0.29) is 5.60 Å². The van der Waals surface area contributed by atoms with Crippen LogP contribution >= 0.6 is 23.1 Å². The van der Waals surface area contributed by atoms with Crippen molar-refractivity contribution in [3.63, 3.8) is 0 Å². The fourth-order valence-corrected chi connectivity index (χ4v) is 5.58. The quantitative estimate of drug-likeness (QED) is 0.733. The fraction of sp³-hybridized carbons (Fsp3) is 0.500. The lowest BCUT2D eigenvalue weighted by molar-refractivity contribution is -0.149. The van der Waals surface area contributed by atoms with E-state index in [1.54, 1.807) is 23.1 Å². The van der Waals surface area contributed by atoms with Gasteiger partial charge in [0, 0.05) is 43.6 Å². The standard InChI is InChI=1S/C20H24O4S2/c1-19(23-11-12-24-19)15-3-5-17(6-4-15)26-18-13-16(14-25-18)20(21-2)7-9-22-10-8-20/h3-6,13-14H,7-12H2,1-2H3. The van der Waals surface area contributed by atoms with Crippen LogP contribution in [0.15, 0.2) is 44.8 Å². The second-order valence-electron chi connectivity index (χ2n) is 6.73. The molecule has 0 bridgehead atoms. The van der Waals surface area contributed by atoms with E-state index in [9.17, 15) is 0 Å². The highest BCUT2D eigenvalue weighted by molar-refractivity contribution is 8.01. The van der Waals surface area contributed by atoms with Gasteiger partial charge in [-0.1, -0.05) is 23.9 Å². The van der Waals surface area contributed by atoms with Crippen molar-refractivity contribution in [3.05, 3.63) is 46.8 Å². The first-order valence-corrected chi connectivity index (χ1v) is 10.6. The fourth-order valence-electron chi connectivity index (χ4n) is 3.54. The summed E-state index contributed by atoms with van der Waals surface area (Å²) in [5.74, 6) is -0.604. The van der Waals surface area contributed by atoms with Crippen LogP contribution in [0.25, 0.3) is 0 Å². The molecule has 2 aliphatic heterocycles. The topological polar surface area (TPSA) is 36.9 Å². The third-order valence-electron chi connectivity index (χ3n) is 5.23. The highest BCUT2D eigenvalue weighted by atomic mass is 32.2. The molecule has 0 aliphatic carbocycles. The zero-order valence-corrected chi connectivity index (χ0v) is 16.8. The first kappa shape index (κ1) is 18.5. The second-order valence-corrected chi connectivity index (χ2v) is 9.02. The molecule has 1 aromatic heterocycles. The number of ether oxygens (including phenoxy) is 4. The molecule has 2 aliphatic rings. The van der Waals surface area contributed by atoms with Crippen molar-refractivity contribution in [2.24, 2.45) is 0 Å². The highest BCUT2D eigenvalue weighted by Crippen LogP contribution is 2.42. The summed E-state index contributed by atoms with van der Waals surface area (Å²) in [6, 6.07) is 10.7. The SMILES string of the molecule is COC1(c2csc(Sc3ccc(C4(C)OCCO4)cc3)c2)CCOCC1. The molecule has 0 amide bonds. The van der Waals surface area contributed by atoms with Gasteiger partial charge in [-0.25, -0.2) is 0 Å². The number of hydrogen-bond acceptors (Lipinski definition) is 6. The Hall–Kier alpha value is -0.890. The third-order valence-corrected chi connectivity index (χ3v) is 7.32. The smallest absolute Gasteiger partial charge is 0.192 e. The Balaban J connectivity index is 1.47. The maximum atomic E-state index is 5.90. The Labute approximate surface area is 162 Å². The van der Waals surface area contributed by atoms with Gasteiger partial charge in [0.2, 0.25) is 0 Å². The van der Waals surface area contributed by atoms with E-state index in [0.717, 1.165) is 31.6 Å². The molecule has 2 saturated heterocycles. The molecule has 1 aromatic carbocycles. The van der Waals surface area contributed by atoms with Crippen LogP contribution < -0.4 is 0 Å². The molecule has 2 fully saturated rings. The molecule has 2 aromatic rings. The van der Waals surface area contributed by atoms with Crippen LogP contribution in [0, 0.1) is 0 Å². The summed E-state index contributed by atoms with van der Waals surface area (Å²) in [4.78, 5) is 1.21. The molecular formula is C20H24O4S2. The minimum atomic E-state index is -0.604. The van der Waals surface area contributed by atoms with Crippen molar-refractivity contribution in [1.82, 2.24) is 0 Å². The minimum absolute atomic E-state index is 0.191. The lowest BCUT2D eigenvalue weighted by atomic mass is 9.88. The van der Waals surface area contributed by atoms with Crippen molar-refractivity contribution < 1.29 is 18.9 Å². The van der Waals surface area contributed by atoms with Gasteiger partial charge in [-0.2, -0.15) is 0 Å². The first-order valence-electron chi connectivity index (χ1n) is 8.92. The first-order chi connectivity index (χ1) is 12.6. The molecule has 0 atom stereocenters. The Kier molecular flexibility index (Phi) is 5.41. The Morgan fingerprint density at radius 1 is 1.00 bits per heavy atom. The van der Waals surface area contributed by atoms with Crippen LogP contribution in [0.3, 0.4) is 0 Å². The Morgan fingerprint density at radius 3 is 2.35 bits per heavy atom. The predicted octanol–water partition coefficient (Wildman–Crippen LogP) is 4.77. The second kappa shape index (κ2) is 7.62. The van der Waals surface area contributed by atoms with Gasteiger partial charge < -0.3 is 18.9 Å². The molecule has 0 unspecified atom stereocenters. The van der Waals surface area contributed by atoms with E-state index >= 15 is 0 Å². The van der Waals surface area contributed by atoms with Gasteiger partial charge in [-0.15, -0.1) is 11.3 Å². The Morgan fingerprint density at radius 2 is 1.69 bits per heavy atom. The number of methoxy groups -OCH3 is 1. The molecule has 6 heteroatoms. The summed E-state index contributed by atoms with van der Waals surface area (Å²) in [6.07, 6.45) is 1.83. The molecule has 0 N–H and O–H groups in total. The number of benzene rings is 1. The van der Waals surface area contributed by atoms with Gasteiger partial charge in [0.15, 0.2) is 5.79 Å². The maximum Gasteiger partial charge on any atom is 0.192 e. The molecule has 3 heterocycles. The van der Waals surface area contributed by atoms with Gasteiger partial charge in [-0.05, 0) is 36.1 Å². The van der Waals surface area contributed by atoms with E-state index in [1.807, 2.05) is 14.0 Å². The molecule has 0 radical (unpaired) electrons. The van der Waals surface area contributed by atoms with Crippen LogP contribution in [-0.2, 0) is 30.3 Å². The van der Waals surface area contributed by atoms with Crippen LogP contribution in [0.1, 0.15) is 30.9 Å². The summed E-state index contributed by atoms with van der Waals surface area (Å²) in [5.41, 5.74) is 2.14. The van der Waals surface area contributed by atoms with Gasteiger partial charge in [0.1, 0.15) is 0 Å². The van der Waals surface area contributed by atoms with E-state index < -0.39 is 5.79 Å². The highest BCUT2D eigenvalue weighted by Gasteiger charge is 2.35. The average molecular weight is 393 g/mol. The number of rotatable bonds is 5. The molecular weight excluding hydrogens is 368 g/mol. The van der Waals surface area contributed by atoms with Gasteiger partial charge in [0.25, 0.3) is 0 Å². The zero-order valence-electron chi connectivity index (χ0n) is 15.2. The molecule has 0 saturated carbocycles. The van der Waals surface area contributed by atoms with Crippen LogP contribution in [-0.4, -0.2) is 33.5 Å². The summed E-state index contributed by atoms with van der Waals surface area (Å²) in [6.45, 7) is 4.80. The van der Waals surface area contributed by atoms with Crippen molar-refractivity contribution in [1.29, 1.82) is 0 Å². The predicted molar refractivity (Wildman–Crippen MR) is 103 cm³/mol. The lowest BCUT2D eigenvalue weighted by Gasteiger charge is -2.35. The summed E-state index contributed by atoms with van der Waals surface area (Å²) >= 11 is 3.56. The van der Waals surface area contributed by atoms with Gasteiger partial charge >= 0.3 is 0 Å². The summed E-state index contributed by atoms with van der Waals surface area (Å²) in [7, 11) is 1.81. The van der Waals surface area contributed by atoms with Crippen molar-refractivity contribution in [3.8, 4) is 0 Å². The maximum absolute atomic E-state index is 5.90. The molecule has 0 spiro atoms. The zero-order chi connectivity index (χ0) is 18.0.